The van der Waals surface area contributed by atoms with Crippen LogP contribution in [0.4, 0.5) is 0 Å². The van der Waals surface area contributed by atoms with Crippen molar-refractivity contribution in [3.05, 3.63) is 12.2 Å². The second kappa shape index (κ2) is 3.63. The predicted octanol–water partition coefficient (Wildman–Crippen LogP) is 2.06. The minimum atomic E-state index is -0.288. The molecular weight excluding hydrogens is 192 g/mol. The molecule has 0 N–H and O–H groups in total. The normalized spacial score (nSPS) is 38.8. The van der Waals surface area contributed by atoms with E-state index in [1.807, 2.05) is 0 Å². The van der Waals surface area contributed by atoms with Crippen LogP contribution in [0.5, 0.6) is 0 Å². The molecule has 1 aliphatic heterocycles. The van der Waals surface area contributed by atoms with E-state index in [9.17, 15) is 4.79 Å². The smallest absolute Gasteiger partial charge is 0.333 e. The van der Waals surface area contributed by atoms with Crippen LogP contribution in [0.25, 0.3) is 0 Å². The van der Waals surface area contributed by atoms with Crippen LogP contribution in [0.1, 0.15) is 32.6 Å². The van der Waals surface area contributed by atoms with E-state index in [0.29, 0.717) is 5.57 Å². The highest BCUT2D eigenvalue weighted by atomic mass is 16.6. The molecule has 0 radical (unpaired) electrons. The van der Waals surface area contributed by atoms with Crippen molar-refractivity contribution in [2.24, 2.45) is 5.92 Å². The van der Waals surface area contributed by atoms with Gasteiger partial charge in [0.15, 0.2) is 0 Å². The number of carbonyl (C=O) groups is 1. The van der Waals surface area contributed by atoms with Gasteiger partial charge in [0, 0.05) is 11.5 Å². The average Bonchev–Trinajstić information content (AvgIpc) is 2.88. The van der Waals surface area contributed by atoms with Crippen molar-refractivity contribution in [3.63, 3.8) is 0 Å². The van der Waals surface area contributed by atoms with Gasteiger partial charge in [-0.05, 0) is 19.8 Å². The van der Waals surface area contributed by atoms with E-state index in [2.05, 4.69) is 13.5 Å². The molecule has 1 saturated heterocycles. The minimum Gasteiger partial charge on any atom is -0.466 e. The van der Waals surface area contributed by atoms with E-state index in [1.54, 1.807) is 0 Å². The molecule has 1 saturated carbocycles. The zero-order valence-corrected chi connectivity index (χ0v) is 9.41. The highest BCUT2D eigenvalue weighted by Crippen LogP contribution is 2.53. The fourth-order valence-electron chi connectivity index (χ4n) is 2.83. The van der Waals surface area contributed by atoms with Gasteiger partial charge in [0.25, 0.3) is 0 Å². The van der Waals surface area contributed by atoms with E-state index in [-0.39, 0.29) is 23.6 Å². The Morgan fingerprint density at radius 3 is 2.73 bits per heavy atom. The maximum Gasteiger partial charge on any atom is 0.333 e. The SMILES string of the molecule is C=C(C(=O)OC)[C@H]1CCCC[C@]12O[C@@H]2C. The van der Waals surface area contributed by atoms with Crippen LogP contribution in [-0.4, -0.2) is 24.8 Å². The summed E-state index contributed by atoms with van der Waals surface area (Å²) in [6.07, 6.45) is 4.66. The van der Waals surface area contributed by atoms with Crippen LogP contribution in [0, 0.1) is 5.92 Å². The van der Waals surface area contributed by atoms with Gasteiger partial charge < -0.3 is 9.47 Å². The van der Waals surface area contributed by atoms with Crippen LogP contribution < -0.4 is 0 Å². The molecule has 0 aromatic rings. The van der Waals surface area contributed by atoms with Crippen molar-refractivity contribution in [2.75, 3.05) is 7.11 Å². The van der Waals surface area contributed by atoms with Crippen molar-refractivity contribution in [2.45, 2.75) is 44.3 Å². The molecule has 2 rings (SSSR count). The van der Waals surface area contributed by atoms with Gasteiger partial charge in [0.05, 0.1) is 13.2 Å². The van der Waals surface area contributed by atoms with Gasteiger partial charge in [0.2, 0.25) is 0 Å². The maximum absolute atomic E-state index is 11.5. The lowest BCUT2D eigenvalue weighted by Gasteiger charge is -2.29. The number of hydrogen-bond donors (Lipinski definition) is 0. The molecular formula is C12H18O3. The molecule has 0 amide bonds. The maximum atomic E-state index is 11.5. The zero-order chi connectivity index (χ0) is 11.1. The van der Waals surface area contributed by atoms with Gasteiger partial charge in [-0.25, -0.2) is 4.79 Å². The number of hydrogen-bond acceptors (Lipinski definition) is 3. The topological polar surface area (TPSA) is 38.8 Å². The summed E-state index contributed by atoms with van der Waals surface area (Å²) < 4.78 is 10.4. The molecule has 0 unspecified atom stereocenters. The van der Waals surface area contributed by atoms with Crippen LogP contribution >= 0.6 is 0 Å². The lowest BCUT2D eigenvalue weighted by atomic mass is 9.73. The molecule has 1 spiro atoms. The third-order valence-electron chi connectivity index (χ3n) is 3.80. The molecule has 3 nitrogen and oxygen atoms in total. The highest BCUT2D eigenvalue weighted by molar-refractivity contribution is 5.88. The molecule has 15 heavy (non-hydrogen) atoms. The Morgan fingerprint density at radius 1 is 1.53 bits per heavy atom. The molecule has 1 heterocycles. The molecule has 2 aliphatic rings. The molecule has 0 aromatic heterocycles. The highest BCUT2D eigenvalue weighted by Gasteiger charge is 2.60. The first-order chi connectivity index (χ1) is 7.12. The largest absolute Gasteiger partial charge is 0.466 e. The Kier molecular flexibility index (Phi) is 2.59. The van der Waals surface area contributed by atoms with Gasteiger partial charge in [-0.3, -0.25) is 0 Å². The first kappa shape index (κ1) is 10.7. The van der Waals surface area contributed by atoms with E-state index in [4.69, 9.17) is 9.47 Å². The molecule has 0 aromatic carbocycles. The van der Waals surface area contributed by atoms with Crippen LogP contribution in [0.2, 0.25) is 0 Å². The second-order valence-electron chi connectivity index (χ2n) is 4.53. The van der Waals surface area contributed by atoms with Crippen molar-refractivity contribution in [1.29, 1.82) is 0 Å². The lowest BCUT2D eigenvalue weighted by Crippen LogP contribution is -2.34. The number of methoxy groups -OCH3 is 1. The number of esters is 1. The summed E-state index contributed by atoms with van der Waals surface area (Å²) in [5.41, 5.74) is 0.491. The Bertz CT molecular complexity index is 297. The number of carbonyl (C=O) groups excluding carboxylic acids is 1. The average molecular weight is 210 g/mol. The zero-order valence-electron chi connectivity index (χ0n) is 9.41. The third-order valence-corrected chi connectivity index (χ3v) is 3.80. The monoisotopic (exact) mass is 210 g/mol. The van der Waals surface area contributed by atoms with E-state index in [0.717, 1.165) is 19.3 Å². The number of rotatable bonds is 2. The summed E-state index contributed by atoms with van der Waals surface area (Å²) in [6, 6.07) is 0. The Balaban J connectivity index is 2.13. The van der Waals surface area contributed by atoms with Gasteiger partial charge in [0.1, 0.15) is 5.60 Å². The summed E-state index contributed by atoms with van der Waals surface area (Å²) in [7, 11) is 1.40. The molecule has 1 aliphatic carbocycles. The van der Waals surface area contributed by atoms with Gasteiger partial charge in [-0.15, -0.1) is 0 Å². The Morgan fingerprint density at radius 2 is 2.20 bits per heavy atom. The van der Waals surface area contributed by atoms with E-state index in [1.165, 1.54) is 13.5 Å². The van der Waals surface area contributed by atoms with Crippen molar-refractivity contribution in [1.82, 2.24) is 0 Å². The molecule has 3 atom stereocenters. The van der Waals surface area contributed by atoms with Crippen molar-refractivity contribution in [3.8, 4) is 0 Å². The first-order valence-electron chi connectivity index (χ1n) is 5.57. The molecule has 84 valence electrons. The van der Waals surface area contributed by atoms with Crippen LogP contribution in [0.3, 0.4) is 0 Å². The van der Waals surface area contributed by atoms with Crippen molar-refractivity contribution >= 4 is 5.97 Å². The second-order valence-corrected chi connectivity index (χ2v) is 4.53. The standard InChI is InChI=1S/C12H18O3/c1-8(11(13)14-3)10-6-4-5-7-12(10)9(2)15-12/h9-10H,1,4-7H2,2-3H3/t9-,10-,12-/m1/s1. The van der Waals surface area contributed by atoms with E-state index < -0.39 is 0 Å². The summed E-state index contributed by atoms with van der Waals surface area (Å²) >= 11 is 0. The molecule has 2 fully saturated rings. The first-order valence-corrected chi connectivity index (χ1v) is 5.57. The van der Waals surface area contributed by atoms with Crippen molar-refractivity contribution < 1.29 is 14.3 Å². The van der Waals surface area contributed by atoms with Crippen LogP contribution in [-0.2, 0) is 14.3 Å². The van der Waals surface area contributed by atoms with Gasteiger partial charge >= 0.3 is 5.97 Å². The lowest BCUT2D eigenvalue weighted by molar-refractivity contribution is -0.137. The summed E-state index contributed by atoms with van der Waals surface area (Å²) in [5, 5.41) is 0. The summed E-state index contributed by atoms with van der Waals surface area (Å²) in [4.78, 5) is 11.5. The van der Waals surface area contributed by atoms with Gasteiger partial charge in [-0.2, -0.15) is 0 Å². The molecule has 0 bridgehead atoms. The quantitative estimate of drug-likeness (QED) is 0.398. The predicted molar refractivity (Wildman–Crippen MR) is 56.4 cm³/mol. The van der Waals surface area contributed by atoms with Gasteiger partial charge in [-0.1, -0.05) is 19.4 Å². The fourth-order valence-corrected chi connectivity index (χ4v) is 2.83. The Hall–Kier alpha value is -0.830. The number of epoxide rings is 1. The van der Waals surface area contributed by atoms with Crippen LogP contribution in [0.15, 0.2) is 12.2 Å². The number of ether oxygens (including phenoxy) is 2. The van der Waals surface area contributed by atoms with E-state index >= 15 is 0 Å². The fraction of sp³-hybridized carbons (Fsp3) is 0.750. The Labute approximate surface area is 90.4 Å². The summed E-state index contributed by atoms with van der Waals surface area (Å²) in [5.74, 6) is -0.127. The molecule has 3 heteroatoms. The third kappa shape index (κ3) is 1.59. The minimum absolute atomic E-state index is 0.0937. The summed E-state index contributed by atoms with van der Waals surface area (Å²) in [6.45, 7) is 5.94.